The molecule has 0 aliphatic rings. The summed E-state index contributed by atoms with van der Waals surface area (Å²) < 4.78 is 14.5. The van der Waals surface area contributed by atoms with Crippen LogP contribution in [0.3, 0.4) is 0 Å². The second-order valence-electron chi connectivity index (χ2n) is 4.16. The van der Waals surface area contributed by atoms with E-state index in [0.29, 0.717) is 15.9 Å². The van der Waals surface area contributed by atoms with E-state index in [-0.39, 0.29) is 5.82 Å². The van der Waals surface area contributed by atoms with E-state index in [9.17, 15) is 9.50 Å². The Balaban J connectivity index is 2.22. The van der Waals surface area contributed by atoms with Crippen LogP contribution in [0.1, 0.15) is 17.2 Å². The molecule has 2 aromatic carbocycles. The third-order valence-corrected chi connectivity index (χ3v) is 4.11. The minimum absolute atomic E-state index is 0.310. The van der Waals surface area contributed by atoms with Gasteiger partial charge in [-0.15, -0.1) is 0 Å². The van der Waals surface area contributed by atoms with Gasteiger partial charge in [-0.3, -0.25) is 0 Å². The Labute approximate surface area is 132 Å². The topological polar surface area (TPSA) is 20.2 Å². The Morgan fingerprint density at radius 2 is 1.89 bits per heavy atom. The smallest absolute Gasteiger partial charge is 0.124 e. The first-order valence-corrected chi connectivity index (χ1v) is 7.50. The van der Waals surface area contributed by atoms with Crippen molar-refractivity contribution >= 4 is 43.5 Å². The maximum absolute atomic E-state index is 13.0. The fourth-order valence-corrected chi connectivity index (χ4v) is 3.18. The fraction of sp³-hybridized carbons (Fsp3) is 0.143. The molecule has 0 amide bonds. The van der Waals surface area contributed by atoms with E-state index < -0.39 is 6.10 Å². The zero-order valence-corrected chi connectivity index (χ0v) is 13.6. The molecule has 1 unspecified atom stereocenters. The van der Waals surface area contributed by atoms with Gasteiger partial charge in [-0.1, -0.05) is 49.5 Å². The molecule has 100 valence electrons. The maximum atomic E-state index is 13.0. The third kappa shape index (κ3) is 4.02. The molecule has 0 aromatic heterocycles. The summed E-state index contributed by atoms with van der Waals surface area (Å²) in [4.78, 5) is 0. The number of hydrogen-bond acceptors (Lipinski definition) is 1. The molecule has 0 radical (unpaired) electrons. The SMILES string of the molecule is OC(Cc1ccc(F)cc1Br)c1cc(Cl)cc(Br)c1. The molecule has 2 rings (SSSR count). The average molecular weight is 408 g/mol. The van der Waals surface area contributed by atoms with Gasteiger partial charge in [0.2, 0.25) is 0 Å². The number of benzene rings is 2. The van der Waals surface area contributed by atoms with E-state index in [4.69, 9.17) is 11.6 Å². The van der Waals surface area contributed by atoms with Crippen molar-refractivity contribution in [1.29, 1.82) is 0 Å². The first-order valence-electron chi connectivity index (χ1n) is 5.53. The molecule has 19 heavy (non-hydrogen) atoms. The van der Waals surface area contributed by atoms with Crippen molar-refractivity contribution < 1.29 is 9.50 Å². The molecular weight excluding hydrogens is 398 g/mol. The molecule has 0 heterocycles. The van der Waals surface area contributed by atoms with Crippen molar-refractivity contribution in [2.75, 3.05) is 0 Å². The normalized spacial score (nSPS) is 12.5. The Morgan fingerprint density at radius 1 is 1.16 bits per heavy atom. The van der Waals surface area contributed by atoms with Gasteiger partial charge in [-0.2, -0.15) is 0 Å². The number of hydrogen-bond donors (Lipinski definition) is 1. The first kappa shape index (κ1) is 15.0. The Kier molecular flexibility index (Phi) is 5.01. The minimum Gasteiger partial charge on any atom is -0.388 e. The van der Waals surface area contributed by atoms with Crippen LogP contribution in [0, 0.1) is 5.82 Å². The van der Waals surface area contributed by atoms with Gasteiger partial charge in [-0.25, -0.2) is 4.39 Å². The van der Waals surface area contributed by atoms with E-state index in [2.05, 4.69) is 31.9 Å². The van der Waals surface area contributed by atoms with Crippen LogP contribution in [0.4, 0.5) is 4.39 Å². The summed E-state index contributed by atoms with van der Waals surface area (Å²) in [6.07, 6.45) is -0.315. The lowest BCUT2D eigenvalue weighted by Gasteiger charge is -2.13. The molecule has 0 bridgehead atoms. The lowest BCUT2D eigenvalue weighted by Crippen LogP contribution is -2.02. The molecule has 1 atom stereocenters. The molecule has 0 aliphatic heterocycles. The first-order chi connectivity index (χ1) is 8.95. The van der Waals surface area contributed by atoms with Crippen molar-refractivity contribution in [3.8, 4) is 0 Å². The molecule has 2 aromatic rings. The van der Waals surface area contributed by atoms with Gasteiger partial charge in [-0.05, 0) is 41.5 Å². The second-order valence-corrected chi connectivity index (χ2v) is 6.36. The fourth-order valence-electron chi connectivity index (χ4n) is 1.78. The van der Waals surface area contributed by atoms with Crippen LogP contribution in [-0.2, 0) is 6.42 Å². The van der Waals surface area contributed by atoms with Gasteiger partial charge in [0, 0.05) is 20.4 Å². The minimum atomic E-state index is -0.697. The maximum Gasteiger partial charge on any atom is 0.124 e. The van der Waals surface area contributed by atoms with Crippen LogP contribution in [0.2, 0.25) is 5.02 Å². The standard InChI is InChI=1S/C14H10Br2ClFO/c15-10-3-9(4-11(17)6-10)14(19)5-8-1-2-12(18)7-13(8)16/h1-4,6-7,14,19H,5H2. The molecule has 0 aliphatic carbocycles. The molecule has 1 nitrogen and oxygen atoms in total. The molecule has 0 saturated heterocycles. The van der Waals surface area contributed by atoms with Gasteiger partial charge < -0.3 is 5.11 Å². The number of rotatable bonds is 3. The number of aliphatic hydroxyl groups is 1. The van der Waals surface area contributed by atoms with Crippen LogP contribution in [-0.4, -0.2) is 5.11 Å². The van der Waals surface area contributed by atoms with Crippen molar-refractivity contribution in [2.45, 2.75) is 12.5 Å². The summed E-state index contributed by atoms with van der Waals surface area (Å²) in [6, 6.07) is 9.70. The van der Waals surface area contributed by atoms with E-state index in [0.717, 1.165) is 15.6 Å². The lowest BCUT2D eigenvalue weighted by atomic mass is 10.0. The van der Waals surface area contributed by atoms with Crippen LogP contribution < -0.4 is 0 Å². The highest BCUT2D eigenvalue weighted by molar-refractivity contribution is 9.10. The zero-order chi connectivity index (χ0) is 14.0. The molecule has 0 fully saturated rings. The summed E-state index contributed by atoms with van der Waals surface area (Å²) in [5.41, 5.74) is 1.56. The summed E-state index contributed by atoms with van der Waals surface area (Å²) in [5.74, 6) is -0.310. The highest BCUT2D eigenvalue weighted by Crippen LogP contribution is 2.28. The Morgan fingerprint density at radius 3 is 2.53 bits per heavy atom. The molecule has 0 saturated carbocycles. The Bertz CT molecular complexity index is 584. The predicted molar refractivity (Wildman–Crippen MR) is 81.9 cm³/mol. The van der Waals surface area contributed by atoms with Crippen LogP contribution >= 0.6 is 43.5 Å². The highest BCUT2D eigenvalue weighted by Gasteiger charge is 2.12. The summed E-state index contributed by atoms with van der Waals surface area (Å²) in [7, 11) is 0. The molecule has 5 heteroatoms. The third-order valence-electron chi connectivity index (χ3n) is 2.70. The summed E-state index contributed by atoms with van der Waals surface area (Å²) in [5, 5.41) is 10.8. The van der Waals surface area contributed by atoms with Crippen molar-refractivity contribution in [2.24, 2.45) is 0 Å². The van der Waals surface area contributed by atoms with E-state index in [1.807, 2.05) is 6.07 Å². The van der Waals surface area contributed by atoms with Crippen LogP contribution in [0.5, 0.6) is 0 Å². The van der Waals surface area contributed by atoms with Gasteiger partial charge in [0.25, 0.3) is 0 Å². The van der Waals surface area contributed by atoms with Crippen LogP contribution in [0.25, 0.3) is 0 Å². The van der Waals surface area contributed by atoms with E-state index in [1.54, 1.807) is 18.2 Å². The van der Waals surface area contributed by atoms with Crippen molar-refractivity contribution in [3.05, 3.63) is 67.3 Å². The molecular formula is C14H10Br2ClFO. The van der Waals surface area contributed by atoms with Gasteiger partial charge in [0.1, 0.15) is 5.82 Å². The van der Waals surface area contributed by atoms with Crippen LogP contribution in [0.15, 0.2) is 45.3 Å². The highest BCUT2D eigenvalue weighted by atomic mass is 79.9. The largest absolute Gasteiger partial charge is 0.388 e. The van der Waals surface area contributed by atoms with Gasteiger partial charge in [0.05, 0.1) is 6.10 Å². The number of aliphatic hydroxyl groups excluding tert-OH is 1. The summed E-state index contributed by atoms with van der Waals surface area (Å²) in [6.45, 7) is 0. The molecule has 0 spiro atoms. The summed E-state index contributed by atoms with van der Waals surface area (Å²) >= 11 is 12.6. The average Bonchev–Trinajstić information content (AvgIpc) is 2.31. The predicted octanol–water partition coefficient (Wildman–Crippen LogP) is 5.28. The van der Waals surface area contributed by atoms with Crippen molar-refractivity contribution in [3.63, 3.8) is 0 Å². The number of halogens is 4. The van der Waals surface area contributed by atoms with E-state index >= 15 is 0 Å². The quantitative estimate of drug-likeness (QED) is 0.733. The van der Waals surface area contributed by atoms with Crippen molar-refractivity contribution in [1.82, 2.24) is 0 Å². The monoisotopic (exact) mass is 406 g/mol. The van der Waals surface area contributed by atoms with E-state index in [1.165, 1.54) is 12.1 Å². The zero-order valence-electron chi connectivity index (χ0n) is 9.71. The Hall–Kier alpha value is -0.420. The second kappa shape index (κ2) is 6.35. The van der Waals surface area contributed by atoms with Gasteiger partial charge >= 0.3 is 0 Å². The lowest BCUT2D eigenvalue weighted by molar-refractivity contribution is 0.178. The van der Waals surface area contributed by atoms with Gasteiger partial charge in [0.15, 0.2) is 0 Å². The molecule has 1 N–H and O–H groups in total.